The summed E-state index contributed by atoms with van der Waals surface area (Å²) in [5, 5.41) is 21.0. The number of aromatic hydroxyl groups is 2. The number of unbranched alkanes of at least 4 members (excludes halogenated alkanes) is 8. The van der Waals surface area contributed by atoms with Gasteiger partial charge < -0.3 is 14.9 Å². The lowest BCUT2D eigenvalue weighted by atomic mass is 9.95. The van der Waals surface area contributed by atoms with Crippen molar-refractivity contribution in [3.05, 3.63) is 78.4 Å². The highest BCUT2D eigenvalue weighted by atomic mass is 16.5. The molecule has 4 aromatic rings. The van der Waals surface area contributed by atoms with Gasteiger partial charge in [-0.05, 0) is 55.2 Å². The summed E-state index contributed by atoms with van der Waals surface area (Å²) in [6.45, 7) is 4.91. The normalized spacial score (nSPS) is 11.2. The Morgan fingerprint density at radius 3 is 1.58 bits per heavy atom. The van der Waals surface area contributed by atoms with Crippen LogP contribution in [0.5, 0.6) is 11.5 Å². The topological polar surface area (TPSA) is 105 Å². The zero-order chi connectivity index (χ0) is 31.9. The van der Waals surface area contributed by atoms with E-state index in [-0.39, 0.29) is 29.1 Å². The molecule has 238 valence electrons. The van der Waals surface area contributed by atoms with Crippen LogP contribution in [0.1, 0.15) is 101 Å². The molecule has 7 heteroatoms. The van der Waals surface area contributed by atoms with Crippen molar-refractivity contribution in [3.8, 4) is 45.7 Å². The van der Waals surface area contributed by atoms with Gasteiger partial charge in [0, 0.05) is 5.56 Å². The van der Waals surface area contributed by atoms with Gasteiger partial charge in [-0.3, -0.25) is 0 Å². The van der Waals surface area contributed by atoms with E-state index >= 15 is 0 Å². The van der Waals surface area contributed by atoms with E-state index in [1.54, 1.807) is 72.8 Å². The minimum atomic E-state index is -0.330. The summed E-state index contributed by atoms with van der Waals surface area (Å²) in [6.07, 6.45) is 14.6. The lowest BCUT2D eigenvalue weighted by Crippen LogP contribution is -2.15. The highest BCUT2D eigenvalue weighted by molar-refractivity contribution is 5.90. The van der Waals surface area contributed by atoms with Crippen LogP contribution in [0.15, 0.2) is 72.8 Å². The van der Waals surface area contributed by atoms with E-state index in [1.165, 1.54) is 64.2 Å². The van der Waals surface area contributed by atoms with Gasteiger partial charge in [0.05, 0.1) is 23.3 Å². The SMILES string of the molecule is CCCCCCCC(CCCCCCC)COC(=O)c1ccc(-c2nc(-c3ccccc3O)nc(-c3ccccc3O)n2)cc1. The van der Waals surface area contributed by atoms with Crippen LogP contribution >= 0.6 is 0 Å². The monoisotopic (exact) mass is 609 g/mol. The standard InChI is InChI=1S/C38H47N3O4/c1-3-5-7-9-11-17-28(18-12-10-8-6-4-2)27-45-38(44)30-25-23-29(24-26-30)35-39-36(31-19-13-15-21-33(31)42)41-37(40-35)32-20-14-16-22-34(32)43/h13-16,19-26,28,42-43H,3-12,17-18,27H2,1-2H3. The Kier molecular flexibility index (Phi) is 13.4. The van der Waals surface area contributed by atoms with Crippen molar-refractivity contribution in [2.75, 3.05) is 6.61 Å². The molecule has 0 aliphatic heterocycles. The molecule has 0 fully saturated rings. The zero-order valence-corrected chi connectivity index (χ0v) is 26.8. The summed E-state index contributed by atoms with van der Waals surface area (Å²) >= 11 is 0. The predicted octanol–water partition coefficient (Wildman–Crippen LogP) is 9.78. The Balaban J connectivity index is 1.48. The fourth-order valence-electron chi connectivity index (χ4n) is 5.49. The number of phenolic OH excluding ortho intramolecular Hbond substituents is 2. The summed E-state index contributed by atoms with van der Waals surface area (Å²) in [5.41, 5.74) is 2.03. The Labute approximate surface area is 267 Å². The smallest absolute Gasteiger partial charge is 0.338 e. The van der Waals surface area contributed by atoms with Gasteiger partial charge in [0.2, 0.25) is 0 Å². The minimum absolute atomic E-state index is 0.0381. The van der Waals surface area contributed by atoms with Crippen LogP contribution < -0.4 is 0 Å². The summed E-state index contributed by atoms with van der Waals surface area (Å²) in [5.74, 6) is 1.04. The molecule has 0 aliphatic carbocycles. The molecule has 1 heterocycles. The zero-order valence-electron chi connectivity index (χ0n) is 26.8. The van der Waals surface area contributed by atoms with Crippen molar-refractivity contribution in [2.45, 2.75) is 90.9 Å². The molecule has 0 spiro atoms. The Bertz CT molecular complexity index is 1410. The first-order valence-corrected chi connectivity index (χ1v) is 16.6. The number of benzene rings is 3. The first-order chi connectivity index (χ1) is 22.0. The fourth-order valence-corrected chi connectivity index (χ4v) is 5.49. The van der Waals surface area contributed by atoms with E-state index in [1.807, 2.05) is 0 Å². The average Bonchev–Trinajstić information content (AvgIpc) is 3.06. The number of phenols is 2. The summed E-state index contributed by atoms with van der Waals surface area (Å²) < 4.78 is 5.84. The minimum Gasteiger partial charge on any atom is -0.507 e. The second-order valence-electron chi connectivity index (χ2n) is 11.8. The van der Waals surface area contributed by atoms with Gasteiger partial charge in [-0.2, -0.15) is 0 Å². The maximum atomic E-state index is 13.1. The Morgan fingerprint density at radius 1 is 0.622 bits per heavy atom. The van der Waals surface area contributed by atoms with E-state index < -0.39 is 0 Å². The van der Waals surface area contributed by atoms with Crippen molar-refractivity contribution in [3.63, 3.8) is 0 Å². The Hall–Kier alpha value is -4.26. The van der Waals surface area contributed by atoms with Crippen molar-refractivity contribution in [1.29, 1.82) is 0 Å². The van der Waals surface area contributed by atoms with Gasteiger partial charge in [0.25, 0.3) is 0 Å². The van der Waals surface area contributed by atoms with Gasteiger partial charge in [-0.1, -0.05) is 114 Å². The third-order valence-corrected chi connectivity index (χ3v) is 8.19. The molecule has 1 aromatic heterocycles. The highest BCUT2D eigenvalue weighted by Crippen LogP contribution is 2.32. The van der Waals surface area contributed by atoms with E-state index in [9.17, 15) is 15.0 Å². The third-order valence-electron chi connectivity index (χ3n) is 8.19. The molecule has 0 atom stereocenters. The molecule has 0 saturated carbocycles. The number of hydrogen-bond donors (Lipinski definition) is 2. The van der Waals surface area contributed by atoms with Crippen LogP contribution in [0.25, 0.3) is 34.2 Å². The number of esters is 1. The highest BCUT2D eigenvalue weighted by Gasteiger charge is 2.18. The molecule has 45 heavy (non-hydrogen) atoms. The van der Waals surface area contributed by atoms with Gasteiger partial charge in [-0.15, -0.1) is 0 Å². The first kappa shape index (κ1) is 33.6. The van der Waals surface area contributed by atoms with Crippen molar-refractivity contribution in [2.24, 2.45) is 5.92 Å². The largest absolute Gasteiger partial charge is 0.507 e. The first-order valence-electron chi connectivity index (χ1n) is 16.6. The molecular formula is C38H47N3O4. The lowest BCUT2D eigenvalue weighted by molar-refractivity contribution is 0.0422. The number of nitrogens with zero attached hydrogens (tertiary/aromatic N) is 3. The maximum Gasteiger partial charge on any atom is 0.338 e. The molecule has 0 aliphatic rings. The number of para-hydroxylation sites is 2. The van der Waals surface area contributed by atoms with Crippen molar-refractivity contribution < 1.29 is 19.7 Å². The van der Waals surface area contributed by atoms with Gasteiger partial charge in [-0.25, -0.2) is 19.7 Å². The lowest BCUT2D eigenvalue weighted by Gasteiger charge is -2.17. The average molecular weight is 610 g/mol. The van der Waals surface area contributed by atoms with Crippen LogP contribution in [-0.4, -0.2) is 37.7 Å². The number of hydrogen-bond acceptors (Lipinski definition) is 7. The molecular weight excluding hydrogens is 562 g/mol. The van der Waals surface area contributed by atoms with Crippen LogP contribution in [-0.2, 0) is 4.74 Å². The maximum absolute atomic E-state index is 13.1. The molecule has 0 saturated heterocycles. The van der Waals surface area contributed by atoms with Crippen LogP contribution in [0, 0.1) is 5.92 Å². The number of carbonyl (C=O) groups excluding carboxylic acids is 1. The number of aromatic nitrogens is 3. The summed E-state index contributed by atoms with van der Waals surface area (Å²) in [7, 11) is 0. The van der Waals surface area contributed by atoms with Crippen LogP contribution in [0.4, 0.5) is 0 Å². The molecule has 0 unspecified atom stereocenters. The number of carbonyl (C=O) groups is 1. The summed E-state index contributed by atoms with van der Waals surface area (Å²) in [4.78, 5) is 26.9. The van der Waals surface area contributed by atoms with Crippen molar-refractivity contribution in [1.82, 2.24) is 15.0 Å². The van der Waals surface area contributed by atoms with Crippen LogP contribution in [0.2, 0.25) is 0 Å². The quantitative estimate of drug-likeness (QED) is 0.0854. The molecule has 7 nitrogen and oxygen atoms in total. The molecule has 4 rings (SSSR count). The summed E-state index contributed by atoms with van der Waals surface area (Å²) in [6, 6.07) is 20.7. The number of rotatable bonds is 18. The molecule has 0 bridgehead atoms. The Morgan fingerprint density at radius 2 is 1.09 bits per heavy atom. The van der Waals surface area contributed by atoms with Gasteiger partial charge in [0.1, 0.15) is 11.5 Å². The number of ether oxygens (including phenoxy) is 1. The predicted molar refractivity (Wildman–Crippen MR) is 180 cm³/mol. The molecule has 3 aromatic carbocycles. The second kappa shape index (κ2) is 17.9. The van der Waals surface area contributed by atoms with Gasteiger partial charge >= 0.3 is 5.97 Å². The van der Waals surface area contributed by atoms with E-state index in [4.69, 9.17) is 4.74 Å². The van der Waals surface area contributed by atoms with E-state index in [2.05, 4.69) is 28.8 Å². The van der Waals surface area contributed by atoms with Gasteiger partial charge in [0.15, 0.2) is 17.5 Å². The van der Waals surface area contributed by atoms with Crippen molar-refractivity contribution >= 4 is 5.97 Å². The molecule has 0 radical (unpaired) electrons. The molecule has 2 N–H and O–H groups in total. The molecule has 0 amide bonds. The van der Waals surface area contributed by atoms with Crippen LogP contribution in [0.3, 0.4) is 0 Å². The fraction of sp³-hybridized carbons (Fsp3) is 0.421. The van der Waals surface area contributed by atoms with E-state index in [0.29, 0.717) is 40.6 Å². The second-order valence-corrected chi connectivity index (χ2v) is 11.8. The third kappa shape index (κ3) is 10.1. The van der Waals surface area contributed by atoms with E-state index in [0.717, 1.165) is 12.8 Å².